The third-order valence-corrected chi connectivity index (χ3v) is 4.98. The van der Waals surface area contributed by atoms with Crippen LogP contribution in [0.15, 0.2) is 42.6 Å². The predicted octanol–water partition coefficient (Wildman–Crippen LogP) is 2.58. The van der Waals surface area contributed by atoms with Crippen molar-refractivity contribution in [1.82, 2.24) is 20.3 Å². The summed E-state index contributed by atoms with van der Waals surface area (Å²) in [5.74, 6) is 1.15. The number of nitrogens with zero attached hydrogens (tertiary/aromatic N) is 3. The van der Waals surface area contributed by atoms with Crippen LogP contribution in [-0.4, -0.2) is 53.7 Å². The number of fused-ring (bicyclic) bond motifs is 1. The predicted molar refractivity (Wildman–Crippen MR) is 95.7 cm³/mol. The zero-order chi connectivity index (χ0) is 17.2. The lowest BCUT2D eigenvalue weighted by molar-refractivity contribution is 0.0957. The smallest absolute Gasteiger partial charge is 0.119 e. The van der Waals surface area contributed by atoms with E-state index in [1.165, 1.54) is 16.3 Å². The SMILES string of the molecule is COc1ccc2cc(CN3C[C@@H](OC)[C@H](c4cn[nH]n4)C3)ccc2c1. The molecule has 1 saturated heterocycles. The maximum absolute atomic E-state index is 5.67. The van der Waals surface area contributed by atoms with Gasteiger partial charge in [0.2, 0.25) is 0 Å². The quantitative estimate of drug-likeness (QED) is 0.775. The van der Waals surface area contributed by atoms with E-state index in [0.717, 1.165) is 31.1 Å². The van der Waals surface area contributed by atoms with Gasteiger partial charge in [-0.1, -0.05) is 18.2 Å². The highest BCUT2D eigenvalue weighted by molar-refractivity contribution is 5.84. The van der Waals surface area contributed by atoms with E-state index in [2.05, 4.69) is 50.6 Å². The summed E-state index contributed by atoms with van der Waals surface area (Å²) >= 11 is 0. The maximum Gasteiger partial charge on any atom is 0.119 e. The van der Waals surface area contributed by atoms with Gasteiger partial charge in [0, 0.05) is 32.7 Å². The Morgan fingerprint density at radius 1 is 1.12 bits per heavy atom. The number of hydrogen-bond donors (Lipinski definition) is 1. The second kappa shape index (κ2) is 6.82. The van der Waals surface area contributed by atoms with Crippen molar-refractivity contribution in [3.05, 3.63) is 53.9 Å². The number of methoxy groups -OCH3 is 2. The van der Waals surface area contributed by atoms with Crippen LogP contribution in [-0.2, 0) is 11.3 Å². The lowest BCUT2D eigenvalue weighted by Crippen LogP contribution is -2.22. The molecule has 1 aliphatic rings. The van der Waals surface area contributed by atoms with E-state index in [-0.39, 0.29) is 12.0 Å². The van der Waals surface area contributed by atoms with Crippen LogP contribution in [0.25, 0.3) is 10.8 Å². The minimum absolute atomic E-state index is 0.148. The van der Waals surface area contributed by atoms with Crippen LogP contribution >= 0.6 is 0 Å². The van der Waals surface area contributed by atoms with E-state index in [0.29, 0.717) is 0 Å². The minimum atomic E-state index is 0.148. The maximum atomic E-state index is 5.67. The van der Waals surface area contributed by atoms with Crippen molar-refractivity contribution in [2.24, 2.45) is 0 Å². The van der Waals surface area contributed by atoms with Crippen molar-refractivity contribution in [2.75, 3.05) is 27.3 Å². The van der Waals surface area contributed by atoms with Gasteiger partial charge in [-0.3, -0.25) is 4.90 Å². The summed E-state index contributed by atoms with van der Waals surface area (Å²) in [4.78, 5) is 2.41. The summed E-state index contributed by atoms with van der Waals surface area (Å²) in [5, 5.41) is 13.3. The minimum Gasteiger partial charge on any atom is -0.497 e. The van der Waals surface area contributed by atoms with Gasteiger partial charge in [-0.05, 0) is 34.5 Å². The molecule has 3 aromatic rings. The normalized spacial score (nSPS) is 21.0. The van der Waals surface area contributed by atoms with Crippen molar-refractivity contribution in [3.8, 4) is 5.75 Å². The Kier molecular flexibility index (Phi) is 4.38. The first-order valence-corrected chi connectivity index (χ1v) is 8.44. The lowest BCUT2D eigenvalue weighted by atomic mass is 10.0. The largest absolute Gasteiger partial charge is 0.497 e. The van der Waals surface area contributed by atoms with Gasteiger partial charge in [-0.25, -0.2) is 0 Å². The molecule has 6 heteroatoms. The second-order valence-corrected chi connectivity index (χ2v) is 6.52. The molecular weight excluding hydrogens is 316 g/mol. The number of benzene rings is 2. The van der Waals surface area contributed by atoms with E-state index in [4.69, 9.17) is 9.47 Å². The molecule has 2 atom stereocenters. The fraction of sp³-hybridized carbons (Fsp3) is 0.368. The van der Waals surface area contributed by atoms with Crippen LogP contribution in [0.1, 0.15) is 17.2 Å². The standard InChI is InChI=1S/C19H22N4O2/c1-24-16-6-5-14-7-13(3-4-15(14)8-16)10-23-11-17(19(12-23)25-2)18-9-20-22-21-18/h3-9,17,19H,10-12H2,1-2H3,(H,20,21,22)/t17-,19+/m0/s1. The topological polar surface area (TPSA) is 63.3 Å². The second-order valence-electron chi connectivity index (χ2n) is 6.52. The van der Waals surface area contributed by atoms with Crippen molar-refractivity contribution < 1.29 is 9.47 Å². The highest BCUT2D eigenvalue weighted by atomic mass is 16.5. The number of likely N-dealkylation sites (tertiary alicyclic amines) is 1. The molecular formula is C19H22N4O2. The molecule has 2 aromatic carbocycles. The molecule has 130 valence electrons. The fourth-order valence-corrected chi connectivity index (χ4v) is 3.65. The summed E-state index contributed by atoms with van der Waals surface area (Å²) in [6, 6.07) is 12.8. The Bertz CT molecular complexity index is 850. The average molecular weight is 338 g/mol. The van der Waals surface area contributed by atoms with Gasteiger partial charge in [0.1, 0.15) is 5.75 Å². The van der Waals surface area contributed by atoms with Crippen LogP contribution in [0, 0.1) is 0 Å². The van der Waals surface area contributed by atoms with Crippen molar-refractivity contribution in [1.29, 1.82) is 0 Å². The first kappa shape index (κ1) is 16.1. The molecule has 1 aromatic heterocycles. The molecule has 4 rings (SSSR count). The summed E-state index contributed by atoms with van der Waals surface area (Å²) in [6.45, 7) is 2.72. The summed E-state index contributed by atoms with van der Waals surface area (Å²) in [5.41, 5.74) is 2.27. The fourth-order valence-electron chi connectivity index (χ4n) is 3.65. The molecule has 1 N–H and O–H groups in total. The van der Waals surface area contributed by atoms with Gasteiger partial charge in [0.25, 0.3) is 0 Å². The van der Waals surface area contributed by atoms with Crippen molar-refractivity contribution in [3.63, 3.8) is 0 Å². The van der Waals surface area contributed by atoms with E-state index in [9.17, 15) is 0 Å². The van der Waals surface area contributed by atoms with Gasteiger partial charge < -0.3 is 9.47 Å². The summed E-state index contributed by atoms with van der Waals surface area (Å²) in [6.07, 6.45) is 1.94. The zero-order valence-electron chi connectivity index (χ0n) is 14.5. The van der Waals surface area contributed by atoms with Gasteiger partial charge in [0.15, 0.2) is 0 Å². The number of aromatic amines is 1. The third-order valence-electron chi connectivity index (χ3n) is 4.98. The highest BCUT2D eigenvalue weighted by Crippen LogP contribution is 2.29. The van der Waals surface area contributed by atoms with E-state index < -0.39 is 0 Å². The average Bonchev–Trinajstić information content (AvgIpc) is 3.30. The monoisotopic (exact) mass is 338 g/mol. The number of aromatic nitrogens is 3. The molecule has 25 heavy (non-hydrogen) atoms. The Hall–Kier alpha value is -2.44. The molecule has 6 nitrogen and oxygen atoms in total. The van der Waals surface area contributed by atoms with Crippen molar-refractivity contribution in [2.45, 2.75) is 18.6 Å². The molecule has 0 amide bonds. The number of hydrogen-bond acceptors (Lipinski definition) is 5. The Morgan fingerprint density at radius 2 is 1.96 bits per heavy atom. The molecule has 0 unspecified atom stereocenters. The number of ether oxygens (including phenoxy) is 2. The summed E-state index contributed by atoms with van der Waals surface area (Å²) in [7, 11) is 3.46. The summed E-state index contributed by atoms with van der Waals surface area (Å²) < 4.78 is 11.0. The van der Waals surface area contributed by atoms with Crippen LogP contribution in [0.4, 0.5) is 0 Å². The van der Waals surface area contributed by atoms with E-state index in [1.54, 1.807) is 20.4 Å². The Morgan fingerprint density at radius 3 is 2.72 bits per heavy atom. The van der Waals surface area contributed by atoms with Crippen LogP contribution in [0.5, 0.6) is 5.75 Å². The molecule has 0 saturated carbocycles. The lowest BCUT2D eigenvalue weighted by Gasteiger charge is -2.16. The Balaban J connectivity index is 1.51. The van der Waals surface area contributed by atoms with Crippen molar-refractivity contribution >= 4 is 10.8 Å². The molecule has 0 spiro atoms. The zero-order valence-corrected chi connectivity index (χ0v) is 14.5. The molecule has 0 bridgehead atoms. The van der Waals surface area contributed by atoms with Crippen LogP contribution in [0.3, 0.4) is 0 Å². The third kappa shape index (κ3) is 3.23. The van der Waals surface area contributed by atoms with Gasteiger partial charge in [-0.15, -0.1) is 0 Å². The number of nitrogens with one attached hydrogen (secondary N) is 1. The molecule has 0 aliphatic carbocycles. The van der Waals surface area contributed by atoms with Gasteiger partial charge in [0.05, 0.1) is 25.1 Å². The van der Waals surface area contributed by atoms with E-state index >= 15 is 0 Å². The van der Waals surface area contributed by atoms with Gasteiger partial charge in [-0.2, -0.15) is 15.4 Å². The number of rotatable bonds is 5. The van der Waals surface area contributed by atoms with Crippen LogP contribution < -0.4 is 4.74 Å². The first-order chi connectivity index (χ1) is 12.3. The van der Waals surface area contributed by atoms with E-state index in [1.807, 2.05) is 6.07 Å². The molecule has 1 aliphatic heterocycles. The molecule has 1 fully saturated rings. The Labute approximate surface area is 146 Å². The number of H-pyrrole nitrogens is 1. The van der Waals surface area contributed by atoms with Crippen LogP contribution in [0.2, 0.25) is 0 Å². The molecule has 0 radical (unpaired) electrons. The first-order valence-electron chi connectivity index (χ1n) is 8.44. The molecule has 2 heterocycles. The van der Waals surface area contributed by atoms with Gasteiger partial charge >= 0.3 is 0 Å². The highest BCUT2D eigenvalue weighted by Gasteiger charge is 2.35.